The van der Waals surface area contributed by atoms with Gasteiger partial charge in [0.15, 0.2) is 0 Å². The number of rotatable bonds is 5. The molecule has 0 spiro atoms. The third-order valence-corrected chi connectivity index (χ3v) is 7.05. The van der Waals surface area contributed by atoms with E-state index in [1.54, 1.807) is 12.1 Å². The minimum Gasteiger partial charge on any atom is -0.368 e. The molecule has 0 N–H and O–H groups in total. The molecule has 4 rings (SSSR count). The van der Waals surface area contributed by atoms with Crippen molar-refractivity contribution in [3.8, 4) is 0 Å². The van der Waals surface area contributed by atoms with E-state index < -0.39 is 0 Å². The molecule has 1 heterocycles. The Morgan fingerprint density at radius 3 is 2.44 bits per heavy atom. The zero-order valence-corrected chi connectivity index (χ0v) is 20.1. The summed E-state index contributed by atoms with van der Waals surface area (Å²) in [7, 11) is 0. The minimum absolute atomic E-state index is 0.0200. The van der Waals surface area contributed by atoms with Gasteiger partial charge >= 0.3 is 0 Å². The van der Waals surface area contributed by atoms with Crippen molar-refractivity contribution in [3.63, 3.8) is 0 Å². The number of nitrogens with zero attached hydrogens (tertiary/aromatic N) is 2. The van der Waals surface area contributed by atoms with Crippen LogP contribution in [0.2, 0.25) is 15.1 Å². The Morgan fingerprint density at radius 2 is 1.72 bits per heavy atom. The van der Waals surface area contributed by atoms with Gasteiger partial charge in [-0.15, -0.1) is 0 Å². The van der Waals surface area contributed by atoms with E-state index in [1.807, 2.05) is 41.3 Å². The summed E-state index contributed by atoms with van der Waals surface area (Å²) < 4.78 is 0. The van der Waals surface area contributed by atoms with Gasteiger partial charge in [0.05, 0.1) is 16.1 Å². The van der Waals surface area contributed by atoms with Gasteiger partial charge in [-0.1, -0.05) is 78.1 Å². The minimum atomic E-state index is 0.0200. The van der Waals surface area contributed by atoms with E-state index in [4.69, 9.17) is 34.8 Å². The zero-order valence-electron chi connectivity index (χ0n) is 17.8. The average molecular weight is 488 g/mol. The van der Waals surface area contributed by atoms with Crippen molar-refractivity contribution >= 4 is 46.4 Å². The summed E-state index contributed by atoms with van der Waals surface area (Å²) in [6, 6.07) is 23.4. The first kappa shape index (κ1) is 23.0. The van der Waals surface area contributed by atoms with Gasteiger partial charge in [0.25, 0.3) is 5.91 Å². The summed E-state index contributed by atoms with van der Waals surface area (Å²) in [6.45, 7) is 4.29. The first-order valence-electron chi connectivity index (χ1n) is 10.7. The Balaban J connectivity index is 1.60. The quantitative estimate of drug-likeness (QED) is 0.381. The van der Waals surface area contributed by atoms with Crippen molar-refractivity contribution in [3.05, 3.63) is 99.0 Å². The smallest absolute Gasteiger partial charge is 0.254 e. The lowest BCUT2D eigenvalue weighted by atomic mass is 9.91. The second-order valence-corrected chi connectivity index (χ2v) is 9.51. The van der Waals surface area contributed by atoms with E-state index >= 15 is 0 Å². The number of hydrogen-bond donors (Lipinski definition) is 0. The van der Waals surface area contributed by atoms with Gasteiger partial charge in [-0.2, -0.15) is 0 Å². The van der Waals surface area contributed by atoms with Gasteiger partial charge < -0.3 is 9.80 Å². The van der Waals surface area contributed by atoms with Crippen molar-refractivity contribution in [1.29, 1.82) is 0 Å². The maximum atomic E-state index is 13.4. The molecule has 3 aromatic rings. The van der Waals surface area contributed by atoms with E-state index in [0.29, 0.717) is 33.1 Å². The maximum absolute atomic E-state index is 13.4. The van der Waals surface area contributed by atoms with Gasteiger partial charge in [-0.25, -0.2) is 0 Å². The second kappa shape index (κ2) is 10.2. The molecule has 0 saturated carbocycles. The molecule has 0 radical (unpaired) electrons. The highest BCUT2D eigenvalue weighted by atomic mass is 35.5. The molecule has 3 aromatic carbocycles. The predicted octanol–water partition coefficient (Wildman–Crippen LogP) is 7.17. The highest BCUT2D eigenvalue weighted by Gasteiger charge is 2.32. The normalized spacial score (nSPS) is 17.3. The molecule has 2 atom stereocenters. The molecule has 3 nitrogen and oxygen atoms in total. The van der Waals surface area contributed by atoms with Gasteiger partial charge in [0.1, 0.15) is 0 Å². The summed E-state index contributed by atoms with van der Waals surface area (Å²) in [5.74, 6) is 0.330. The van der Waals surface area contributed by atoms with E-state index in [0.717, 1.165) is 25.2 Å². The third-order valence-electron chi connectivity index (χ3n) is 6.08. The third kappa shape index (κ3) is 5.23. The number of halogens is 3. The molecule has 1 saturated heterocycles. The molecule has 0 bridgehead atoms. The molecule has 0 aliphatic carbocycles. The van der Waals surface area contributed by atoms with Crippen LogP contribution in [0.4, 0.5) is 5.69 Å². The van der Waals surface area contributed by atoms with E-state index in [9.17, 15) is 4.79 Å². The van der Waals surface area contributed by atoms with Crippen LogP contribution in [0.3, 0.4) is 0 Å². The molecular weight excluding hydrogens is 463 g/mol. The van der Waals surface area contributed by atoms with Crippen LogP contribution in [0.1, 0.15) is 35.2 Å². The Labute approximate surface area is 204 Å². The number of amides is 1. The summed E-state index contributed by atoms with van der Waals surface area (Å²) in [4.78, 5) is 17.7. The number of carbonyl (C=O) groups is 1. The second-order valence-electron chi connectivity index (χ2n) is 8.25. The summed E-state index contributed by atoms with van der Waals surface area (Å²) >= 11 is 18.5. The lowest BCUT2D eigenvalue weighted by Gasteiger charge is -2.43. The topological polar surface area (TPSA) is 23.6 Å². The predicted molar refractivity (Wildman–Crippen MR) is 134 cm³/mol. The SMILES string of the molecule is CC(CC1CN(c2ccc(Cl)c(Cl)c2)CCN1C(=O)c1cccc(Cl)c1)c1ccccc1. The van der Waals surface area contributed by atoms with Crippen molar-refractivity contribution in [1.82, 2.24) is 4.90 Å². The van der Waals surface area contributed by atoms with Crippen LogP contribution in [-0.2, 0) is 0 Å². The highest BCUT2D eigenvalue weighted by molar-refractivity contribution is 6.42. The van der Waals surface area contributed by atoms with Gasteiger partial charge in [0, 0.05) is 35.9 Å². The molecule has 1 aliphatic rings. The average Bonchev–Trinajstić information content (AvgIpc) is 2.81. The standard InChI is InChI=1S/C26H25Cl3N2O/c1-18(19-6-3-2-4-7-19)14-23-17-30(22-10-11-24(28)25(29)16-22)12-13-31(23)26(32)20-8-5-9-21(27)15-20/h2-11,15-16,18,23H,12-14,17H2,1H3. The molecule has 166 valence electrons. The van der Waals surface area contributed by atoms with Crippen LogP contribution in [0.5, 0.6) is 0 Å². The van der Waals surface area contributed by atoms with Crippen molar-refractivity contribution in [2.24, 2.45) is 0 Å². The number of hydrogen-bond acceptors (Lipinski definition) is 2. The largest absolute Gasteiger partial charge is 0.368 e. The zero-order chi connectivity index (χ0) is 22.7. The lowest BCUT2D eigenvalue weighted by Crippen LogP contribution is -2.55. The first-order chi connectivity index (χ1) is 15.4. The molecular formula is C26H25Cl3N2O. The molecule has 6 heteroatoms. The Morgan fingerprint density at radius 1 is 0.938 bits per heavy atom. The van der Waals surface area contributed by atoms with Crippen LogP contribution in [0, 0.1) is 0 Å². The molecule has 1 aliphatic heterocycles. The van der Waals surface area contributed by atoms with Crippen LogP contribution in [0.25, 0.3) is 0 Å². The van der Waals surface area contributed by atoms with Crippen LogP contribution < -0.4 is 4.90 Å². The van der Waals surface area contributed by atoms with E-state index in [-0.39, 0.29) is 11.9 Å². The van der Waals surface area contributed by atoms with Crippen LogP contribution in [0.15, 0.2) is 72.8 Å². The van der Waals surface area contributed by atoms with Crippen molar-refractivity contribution < 1.29 is 4.79 Å². The number of piperazine rings is 1. The Bertz CT molecular complexity index is 1090. The monoisotopic (exact) mass is 486 g/mol. The molecule has 1 fully saturated rings. The Kier molecular flexibility index (Phi) is 7.30. The van der Waals surface area contributed by atoms with Gasteiger partial charge in [-0.3, -0.25) is 4.79 Å². The molecule has 0 aromatic heterocycles. The number of carbonyl (C=O) groups excluding carboxylic acids is 1. The fraction of sp³-hybridized carbons (Fsp3) is 0.269. The first-order valence-corrected chi connectivity index (χ1v) is 11.9. The summed E-state index contributed by atoms with van der Waals surface area (Å²) in [5, 5.41) is 1.65. The lowest BCUT2D eigenvalue weighted by molar-refractivity contribution is 0.0640. The number of anilines is 1. The number of benzene rings is 3. The maximum Gasteiger partial charge on any atom is 0.254 e. The summed E-state index contributed by atoms with van der Waals surface area (Å²) in [6.07, 6.45) is 0.855. The van der Waals surface area contributed by atoms with Gasteiger partial charge in [-0.05, 0) is 54.3 Å². The fourth-order valence-electron chi connectivity index (χ4n) is 4.35. The molecule has 1 amide bonds. The van der Waals surface area contributed by atoms with E-state index in [2.05, 4.69) is 36.1 Å². The molecule has 2 unspecified atom stereocenters. The Hall–Kier alpha value is -2.20. The van der Waals surface area contributed by atoms with Crippen LogP contribution >= 0.6 is 34.8 Å². The van der Waals surface area contributed by atoms with E-state index in [1.165, 1.54) is 5.56 Å². The van der Waals surface area contributed by atoms with Crippen molar-refractivity contribution in [2.75, 3.05) is 24.5 Å². The highest BCUT2D eigenvalue weighted by Crippen LogP contribution is 2.31. The summed E-state index contributed by atoms with van der Waals surface area (Å²) in [5.41, 5.74) is 2.92. The van der Waals surface area contributed by atoms with Gasteiger partial charge in [0.2, 0.25) is 0 Å². The van der Waals surface area contributed by atoms with Crippen LogP contribution in [-0.4, -0.2) is 36.5 Å². The molecule has 32 heavy (non-hydrogen) atoms. The van der Waals surface area contributed by atoms with Crippen molar-refractivity contribution in [2.45, 2.75) is 25.3 Å². The fourth-order valence-corrected chi connectivity index (χ4v) is 4.84.